The number of aryl methyl sites for hydroxylation is 1. The Hall–Kier alpha value is -2.92. The second kappa shape index (κ2) is 6.77. The van der Waals surface area contributed by atoms with Gasteiger partial charge in [0.2, 0.25) is 0 Å². The van der Waals surface area contributed by atoms with E-state index in [1.807, 2.05) is 30.5 Å². The number of hydrogen-bond donors (Lipinski definition) is 3. The molecule has 0 atom stereocenters. The molecule has 0 fully saturated rings. The molecule has 4 aromatic rings. The van der Waals surface area contributed by atoms with Crippen molar-refractivity contribution >= 4 is 38.5 Å². The van der Waals surface area contributed by atoms with Crippen LogP contribution < -0.4 is 11.1 Å². The van der Waals surface area contributed by atoms with Crippen molar-refractivity contribution < 1.29 is 4.79 Å². The SMILES string of the molecule is Cc1c2cnccc2c(C(=O)NCCCCN)c2[nH]c3ccccc3c12. The van der Waals surface area contributed by atoms with E-state index in [1.165, 1.54) is 0 Å². The van der Waals surface area contributed by atoms with Crippen LogP contribution in [0.15, 0.2) is 42.7 Å². The minimum Gasteiger partial charge on any atom is -0.354 e. The number of aromatic amines is 1. The number of hydrogen-bond acceptors (Lipinski definition) is 3. The molecule has 5 heteroatoms. The standard InChI is InChI=1S/C21H22N4O/c1-13-16-12-23-11-8-14(16)19(21(26)24-10-5-4-9-22)20-18(13)15-6-2-3-7-17(15)25-20/h2-3,6-8,11-12,25H,4-5,9-10,22H2,1H3,(H,24,26). The average molecular weight is 346 g/mol. The summed E-state index contributed by atoms with van der Waals surface area (Å²) in [6, 6.07) is 10.1. The molecule has 5 nitrogen and oxygen atoms in total. The predicted molar refractivity (Wildman–Crippen MR) is 106 cm³/mol. The Labute approximate surface area is 151 Å². The third-order valence-electron chi connectivity index (χ3n) is 4.97. The summed E-state index contributed by atoms with van der Waals surface area (Å²) in [6.45, 7) is 3.36. The van der Waals surface area contributed by atoms with Crippen LogP contribution in [0.1, 0.15) is 28.8 Å². The number of pyridine rings is 1. The van der Waals surface area contributed by atoms with Crippen molar-refractivity contribution in [1.29, 1.82) is 0 Å². The zero-order chi connectivity index (χ0) is 18.1. The lowest BCUT2D eigenvalue weighted by molar-refractivity contribution is 0.0956. The number of nitrogens with zero attached hydrogens (tertiary/aromatic N) is 1. The summed E-state index contributed by atoms with van der Waals surface area (Å²) in [5.74, 6) is -0.0604. The molecule has 1 amide bonds. The second-order valence-corrected chi connectivity index (χ2v) is 6.59. The summed E-state index contributed by atoms with van der Waals surface area (Å²) in [5, 5.41) is 7.20. The van der Waals surface area contributed by atoms with Crippen LogP contribution in [0.25, 0.3) is 32.6 Å². The van der Waals surface area contributed by atoms with E-state index < -0.39 is 0 Å². The fourth-order valence-electron chi connectivity index (χ4n) is 3.70. The Kier molecular flexibility index (Phi) is 4.31. The average Bonchev–Trinajstić information content (AvgIpc) is 3.05. The van der Waals surface area contributed by atoms with Crippen molar-refractivity contribution in [3.63, 3.8) is 0 Å². The molecule has 0 saturated carbocycles. The Morgan fingerprint density at radius 2 is 2.00 bits per heavy atom. The first kappa shape index (κ1) is 16.5. The summed E-state index contributed by atoms with van der Waals surface area (Å²) < 4.78 is 0. The first-order chi connectivity index (χ1) is 12.7. The normalized spacial score (nSPS) is 11.5. The molecule has 4 N–H and O–H groups in total. The maximum Gasteiger partial charge on any atom is 0.254 e. The smallest absolute Gasteiger partial charge is 0.254 e. The van der Waals surface area contributed by atoms with Gasteiger partial charge in [0.15, 0.2) is 0 Å². The van der Waals surface area contributed by atoms with Crippen molar-refractivity contribution in [1.82, 2.24) is 15.3 Å². The lowest BCUT2D eigenvalue weighted by atomic mass is 9.96. The van der Waals surface area contributed by atoms with E-state index in [4.69, 9.17) is 5.73 Å². The van der Waals surface area contributed by atoms with Gasteiger partial charge in [-0.25, -0.2) is 0 Å². The molecule has 2 aromatic carbocycles. The Balaban J connectivity index is 1.96. The summed E-state index contributed by atoms with van der Waals surface area (Å²) in [5.41, 5.74) is 9.29. The van der Waals surface area contributed by atoms with Crippen LogP contribution in [-0.4, -0.2) is 29.0 Å². The molecule has 2 aromatic heterocycles. The molecule has 26 heavy (non-hydrogen) atoms. The third-order valence-corrected chi connectivity index (χ3v) is 4.97. The zero-order valence-electron chi connectivity index (χ0n) is 14.8. The number of carbonyl (C=O) groups is 1. The number of amides is 1. The predicted octanol–water partition coefficient (Wildman–Crippen LogP) is 3.65. The van der Waals surface area contributed by atoms with E-state index >= 15 is 0 Å². The number of carbonyl (C=O) groups excluding carboxylic acids is 1. The highest BCUT2D eigenvalue weighted by atomic mass is 16.1. The molecular formula is C21H22N4O. The number of fused-ring (bicyclic) bond motifs is 4. The minimum atomic E-state index is -0.0604. The van der Waals surface area contributed by atoms with E-state index in [2.05, 4.69) is 28.3 Å². The van der Waals surface area contributed by atoms with Crippen molar-refractivity contribution in [2.75, 3.05) is 13.1 Å². The lowest BCUT2D eigenvalue weighted by Gasteiger charge is -2.12. The molecular weight excluding hydrogens is 324 g/mol. The van der Waals surface area contributed by atoms with Gasteiger partial charge in [-0.1, -0.05) is 18.2 Å². The van der Waals surface area contributed by atoms with Crippen molar-refractivity contribution in [2.24, 2.45) is 5.73 Å². The Morgan fingerprint density at radius 3 is 2.85 bits per heavy atom. The highest BCUT2D eigenvalue weighted by Gasteiger charge is 2.20. The summed E-state index contributed by atoms with van der Waals surface area (Å²) >= 11 is 0. The van der Waals surface area contributed by atoms with E-state index in [9.17, 15) is 4.79 Å². The van der Waals surface area contributed by atoms with Gasteiger partial charge in [-0.2, -0.15) is 0 Å². The van der Waals surface area contributed by atoms with E-state index in [-0.39, 0.29) is 5.91 Å². The highest BCUT2D eigenvalue weighted by molar-refractivity contribution is 6.24. The fraction of sp³-hybridized carbons (Fsp3) is 0.238. The monoisotopic (exact) mass is 346 g/mol. The molecule has 0 bridgehead atoms. The van der Waals surface area contributed by atoms with Crippen molar-refractivity contribution in [2.45, 2.75) is 19.8 Å². The number of aromatic nitrogens is 2. The molecule has 0 aliphatic heterocycles. The maximum absolute atomic E-state index is 13.0. The van der Waals surface area contributed by atoms with Gasteiger partial charge in [-0.3, -0.25) is 9.78 Å². The molecule has 132 valence electrons. The second-order valence-electron chi connectivity index (χ2n) is 6.59. The number of nitrogens with two attached hydrogens (primary N) is 1. The first-order valence-electron chi connectivity index (χ1n) is 8.97. The lowest BCUT2D eigenvalue weighted by Crippen LogP contribution is -2.25. The fourth-order valence-corrected chi connectivity index (χ4v) is 3.70. The number of benzene rings is 2. The molecule has 0 unspecified atom stereocenters. The third kappa shape index (κ3) is 2.61. The van der Waals surface area contributed by atoms with Crippen LogP contribution in [0.2, 0.25) is 0 Å². The summed E-state index contributed by atoms with van der Waals surface area (Å²) in [4.78, 5) is 20.8. The van der Waals surface area contributed by atoms with Gasteiger partial charge in [0.25, 0.3) is 5.91 Å². The van der Waals surface area contributed by atoms with Crippen LogP contribution in [0.5, 0.6) is 0 Å². The molecule has 0 aliphatic carbocycles. The topological polar surface area (TPSA) is 83.8 Å². The summed E-state index contributed by atoms with van der Waals surface area (Å²) in [6.07, 6.45) is 5.36. The molecule has 0 aliphatic rings. The molecule has 0 saturated heterocycles. The number of rotatable bonds is 5. The molecule has 0 radical (unpaired) electrons. The van der Waals surface area contributed by atoms with Crippen LogP contribution in [0.3, 0.4) is 0 Å². The van der Waals surface area contributed by atoms with Crippen molar-refractivity contribution in [3.05, 3.63) is 53.9 Å². The van der Waals surface area contributed by atoms with Gasteiger partial charge in [-0.15, -0.1) is 0 Å². The number of para-hydroxylation sites is 1. The minimum absolute atomic E-state index is 0.0604. The quantitative estimate of drug-likeness (QED) is 0.482. The molecule has 0 spiro atoms. The van der Waals surface area contributed by atoms with Crippen LogP contribution in [0, 0.1) is 6.92 Å². The van der Waals surface area contributed by atoms with E-state index in [0.29, 0.717) is 18.7 Å². The van der Waals surface area contributed by atoms with Gasteiger partial charge >= 0.3 is 0 Å². The van der Waals surface area contributed by atoms with Gasteiger partial charge < -0.3 is 16.0 Å². The van der Waals surface area contributed by atoms with Gasteiger partial charge in [0.05, 0.1) is 11.1 Å². The first-order valence-corrected chi connectivity index (χ1v) is 8.97. The zero-order valence-corrected chi connectivity index (χ0v) is 14.8. The Bertz CT molecular complexity index is 1110. The Morgan fingerprint density at radius 1 is 1.15 bits per heavy atom. The van der Waals surface area contributed by atoms with E-state index in [1.54, 1.807) is 6.20 Å². The van der Waals surface area contributed by atoms with Crippen molar-refractivity contribution in [3.8, 4) is 0 Å². The molecule has 2 heterocycles. The van der Waals surface area contributed by atoms with Gasteiger partial charge in [0.1, 0.15) is 0 Å². The van der Waals surface area contributed by atoms with Gasteiger partial charge in [-0.05, 0) is 49.4 Å². The van der Waals surface area contributed by atoms with Crippen LogP contribution in [-0.2, 0) is 0 Å². The number of unbranched alkanes of at least 4 members (excludes halogenated alkanes) is 1. The highest BCUT2D eigenvalue weighted by Crippen LogP contribution is 2.36. The molecule has 4 rings (SSSR count). The van der Waals surface area contributed by atoms with E-state index in [0.717, 1.165) is 51.0 Å². The number of H-pyrrole nitrogens is 1. The van der Waals surface area contributed by atoms with Crippen LogP contribution >= 0.6 is 0 Å². The van der Waals surface area contributed by atoms with Gasteiger partial charge in [0, 0.05) is 40.6 Å². The maximum atomic E-state index is 13.0. The summed E-state index contributed by atoms with van der Waals surface area (Å²) in [7, 11) is 0. The largest absolute Gasteiger partial charge is 0.354 e. The van der Waals surface area contributed by atoms with Crippen LogP contribution in [0.4, 0.5) is 0 Å². The number of nitrogens with one attached hydrogen (secondary N) is 2.